The molecule has 3 aromatic rings. The summed E-state index contributed by atoms with van der Waals surface area (Å²) in [5, 5.41) is 19.5. The van der Waals surface area contributed by atoms with Crippen molar-refractivity contribution < 1.29 is 43.2 Å². The first-order valence-electron chi connectivity index (χ1n) is 23.1. The van der Waals surface area contributed by atoms with Crippen LogP contribution in [0.2, 0.25) is 0 Å². The Morgan fingerprint density at radius 1 is 0.851 bits per heavy atom. The van der Waals surface area contributed by atoms with Crippen LogP contribution in [0.5, 0.6) is 5.75 Å². The molecular formula is C53H61N5O9. The fourth-order valence-electron chi connectivity index (χ4n) is 8.83. The number of nitrogens with zero attached hydrogens (tertiary/aromatic N) is 2. The van der Waals surface area contributed by atoms with Gasteiger partial charge in [-0.2, -0.15) is 0 Å². The third kappa shape index (κ3) is 12.1. The second-order valence-electron chi connectivity index (χ2n) is 16.7. The van der Waals surface area contributed by atoms with Gasteiger partial charge in [-0.3, -0.25) is 19.4 Å². The number of anilines is 2. The second-order valence-corrected chi connectivity index (χ2v) is 16.7. The molecule has 0 aromatic heterocycles. The van der Waals surface area contributed by atoms with Crippen molar-refractivity contribution in [2.24, 2.45) is 10.9 Å². The van der Waals surface area contributed by atoms with Crippen LogP contribution < -0.4 is 25.6 Å². The van der Waals surface area contributed by atoms with Gasteiger partial charge >= 0.3 is 5.97 Å². The second kappa shape index (κ2) is 23.2. The van der Waals surface area contributed by atoms with Gasteiger partial charge in [-0.1, -0.05) is 54.6 Å². The van der Waals surface area contributed by atoms with Crippen molar-refractivity contribution in [1.82, 2.24) is 10.6 Å². The zero-order chi connectivity index (χ0) is 47.3. The highest BCUT2D eigenvalue weighted by Gasteiger charge is 2.39. The molecule has 4 N–H and O–H groups in total. The number of benzene rings is 3. The lowest BCUT2D eigenvalue weighted by Crippen LogP contribution is -2.35. The van der Waals surface area contributed by atoms with E-state index < -0.39 is 11.9 Å². The summed E-state index contributed by atoms with van der Waals surface area (Å²) < 4.78 is 23.3. The molecule has 2 aliphatic heterocycles. The van der Waals surface area contributed by atoms with Crippen molar-refractivity contribution in [2.75, 3.05) is 83.1 Å². The molecule has 3 aromatic carbocycles. The van der Waals surface area contributed by atoms with Gasteiger partial charge in [-0.25, -0.2) is 4.79 Å². The molecule has 4 aliphatic rings. The Bertz CT molecular complexity index is 2540. The lowest BCUT2D eigenvalue weighted by atomic mass is 9.73. The minimum atomic E-state index is -1.13. The summed E-state index contributed by atoms with van der Waals surface area (Å²) >= 11 is 0. The fraction of sp³-hybridized carbons (Fsp3) is 0.377. The van der Waals surface area contributed by atoms with Crippen molar-refractivity contribution in [3.63, 3.8) is 0 Å². The molecule has 2 aliphatic carbocycles. The van der Waals surface area contributed by atoms with Gasteiger partial charge in [0.05, 0.1) is 63.1 Å². The van der Waals surface area contributed by atoms with E-state index in [1.54, 1.807) is 24.1 Å². The Morgan fingerprint density at radius 2 is 1.58 bits per heavy atom. The van der Waals surface area contributed by atoms with Crippen LogP contribution >= 0.6 is 0 Å². The number of hydrogen-bond acceptors (Lipinski definition) is 10. The molecule has 0 spiro atoms. The molecule has 0 saturated heterocycles. The number of carboxylic acids is 1. The Kier molecular flexibility index (Phi) is 16.7. The molecule has 7 rings (SSSR count). The first kappa shape index (κ1) is 48.3. The molecule has 352 valence electrons. The normalized spacial score (nSPS) is 18.2. The monoisotopic (exact) mass is 911 g/mol. The molecule has 0 saturated carbocycles. The number of nitrogens with one attached hydrogen (secondary N) is 3. The van der Waals surface area contributed by atoms with Crippen molar-refractivity contribution in [2.45, 2.75) is 52.4 Å². The zero-order valence-corrected chi connectivity index (χ0v) is 38.8. The van der Waals surface area contributed by atoms with Gasteiger partial charge < -0.3 is 44.9 Å². The smallest absolute Gasteiger partial charge is 0.336 e. The van der Waals surface area contributed by atoms with Crippen molar-refractivity contribution in [3.05, 3.63) is 141 Å². The van der Waals surface area contributed by atoms with E-state index in [0.717, 1.165) is 69.9 Å². The first-order chi connectivity index (χ1) is 32.6. The number of carbonyl (C=O) groups excluding carboxylic acids is 3. The summed E-state index contributed by atoms with van der Waals surface area (Å²) in [5.74, 6) is -1.17. The van der Waals surface area contributed by atoms with Crippen LogP contribution in [0.25, 0.3) is 6.08 Å². The molecule has 67 heavy (non-hydrogen) atoms. The SMILES string of the molecule is CCNc1cc2c(cc1C)C(c1ccc(C(=O)NCCOCCOCCOCCNC(=O)CCC(=O)N3CC4=CCCC=C4/C=C\c4ccccc43)cc1C(=O)O)C1C=C(C)/C(=N\C)C=C1O2. The summed E-state index contributed by atoms with van der Waals surface area (Å²) in [7, 11) is 1.73. The standard InChI is InChI=1S/C53H61N5O9/c1-5-55-45-32-48-43(29-35(45)3)51(42-28-34(2)44(54-4)31-47(42)67-48)40-17-16-38(30-41(40)53(62)63)52(61)57-21-23-65-25-27-66-26-24-64-22-20-56-49(59)18-19-50(60)58-33-39-12-7-6-10-36(39)14-15-37-11-8-9-13-46(37)58/h8-17,28-32,42,51,55H,5-7,18-27,33H2,1-4H3,(H,56,59)(H,57,61)(H,62,63)/b15-14-,54-44-. The summed E-state index contributed by atoms with van der Waals surface area (Å²) in [6.07, 6.45) is 14.7. The van der Waals surface area contributed by atoms with Crippen LogP contribution in [0.1, 0.15) is 88.4 Å². The largest absolute Gasteiger partial charge is 0.478 e. The number of aromatic carboxylic acids is 1. The van der Waals surface area contributed by atoms with Crippen LogP contribution in [0.3, 0.4) is 0 Å². The number of amides is 3. The van der Waals surface area contributed by atoms with E-state index in [-0.39, 0.29) is 60.8 Å². The number of rotatable bonds is 20. The number of carbonyl (C=O) groups is 4. The number of aryl methyl sites for hydroxylation is 1. The van der Waals surface area contributed by atoms with Gasteiger partial charge in [0.15, 0.2) is 0 Å². The number of aliphatic imine (C=N–C) groups is 1. The molecule has 14 heteroatoms. The highest BCUT2D eigenvalue weighted by molar-refractivity contribution is 6.09. The zero-order valence-electron chi connectivity index (χ0n) is 38.8. The first-order valence-corrected chi connectivity index (χ1v) is 23.1. The maximum Gasteiger partial charge on any atom is 0.336 e. The number of hydrogen-bond donors (Lipinski definition) is 4. The van der Waals surface area contributed by atoms with Crippen molar-refractivity contribution >= 4 is 46.9 Å². The highest BCUT2D eigenvalue weighted by atomic mass is 16.5. The summed E-state index contributed by atoms with van der Waals surface area (Å²) in [6.45, 7) is 9.60. The minimum absolute atomic E-state index is 0.0439. The Morgan fingerprint density at radius 3 is 2.33 bits per heavy atom. The van der Waals surface area contributed by atoms with Gasteiger partial charge in [0.1, 0.15) is 11.5 Å². The third-order valence-electron chi connectivity index (χ3n) is 12.2. The van der Waals surface area contributed by atoms with E-state index in [1.807, 2.05) is 63.3 Å². The summed E-state index contributed by atoms with van der Waals surface area (Å²) in [6, 6.07) is 16.7. The number of ether oxygens (including phenoxy) is 4. The molecule has 2 atom stereocenters. The quantitative estimate of drug-likeness (QED) is 0.0828. The van der Waals surface area contributed by atoms with Crippen molar-refractivity contribution in [1.29, 1.82) is 0 Å². The van der Waals surface area contributed by atoms with E-state index in [0.29, 0.717) is 63.2 Å². The predicted octanol–water partition coefficient (Wildman–Crippen LogP) is 7.56. The fourth-order valence-corrected chi connectivity index (χ4v) is 8.83. The predicted molar refractivity (Wildman–Crippen MR) is 260 cm³/mol. The van der Waals surface area contributed by atoms with Gasteiger partial charge in [0, 0.05) is 80.3 Å². The third-order valence-corrected chi connectivity index (χ3v) is 12.2. The number of fused-ring (bicyclic) bond motifs is 4. The molecule has 3 amide bonds. The average Bonchev–Trinajstić information content (AvgIpc) is 3.32. The van der Waals surface area contributed by atoms with Gasteiger partial charge in [-0.15, -0.1) is 0 Å². The van der Waals surface area contributed by atoms with Crippen LogP contribution in [-0.2, 0) is 23.8 Å². The summed E-state index contributed by atoms with van der Waals surface area (Å²) in [5.41, 5.74) is 9.54. The van der Waals surface area contributed by atoms with E-state index in [1.165, 1.54) is 6.07 Å². The number of para-hydroxylation sites is 1. The molecule has 0 bridgehead atoms. The van der Waals surface area contributed by atoms with E-state index in [2.05, 4.69) is 51.3 Å². The Hall–Kier alpha value is -6.61. The van der Waals surface area contributed by atoms with E-state index in [4.69, 9.17) is 18.9 Å². The molecular weight excluding hydrogens is 851 g/mol. The van der Waals surface area contributed by atoms with E-state index >= 15 is 0 Å². The molecule has 2 unspecified atom stereocenters. The van der Waals surface area contributed by atoms with Gasteiger partial charge in [0.25, 0.3) is 5.91 Å². The van der Waals surface area contributed by atoms with Crippen LogP contribution in [0, 0.1) is 12.8 Å². The Balaban J connectivity index is 0.794. The average molecular weight is 912 g/mol. The van der Waals surface area contributed by atoms with Crippen molar-refractivity contribution in [3.8, 4) is 5.75 Å². The number of carboxylic acid groups (broad SMARTS) is 1. The minimum Gasteiger partial charge on any atom is -0.478 e. The topological polar surface area (TPSA) is 177 Å². The summed E-state index contributed by atoms with van der Waals surface area (Å²) in [4.78, 5) is 58.3. The van der Waals surface area contributed by atoms with E-state index in [9.17, 15) is 24.3 Å². The maximum absolute atomic E-state index is 13.4. The molecule has 0 radical (unpaired) electrons. The highest BCUT2D eigenvalue weighted by Crippen LogP contribution is 2.50. The Labute approximate surface area is 392 Å². The molecule has 0 fully saturated rings. The van der Waals surface area contributed by atoms with Crippen LogP contribution in [0.4, 0.5) is 11.4 Å². The molecule has 2 heterocycles. The lowest BCUT2D eigenvalue weighted by molar-refractivity contribution is -0.125. The van der Waals surface area contributed by atoms with Gasteiger partial charge in [0.2, 0.25) is 11.8 Å². The maximum atomic E-state index is 13.4. The lowest BCUT2D eigenvalue weighted by Gasteiger charge is -2.37. The number of allylic oxidation sites excluding steroid dienone is 6. The van der Waals surface area contributed by atoms with Gasteiger partial charge in [-0.05, 0) is 91.3 Å². The van der Waals surface area contributed by atoms with Crippen LogP contribution in [0.15, 0.2) is 112 Å². The molecule has 14 nitrogen and oxygen atoms in total. The van der Waals surface area contributed by atoms with Crippen LogP contribution in [-0.4, -0.2) is 107 Å².